The molecule has 0 saturated carbocycles. The molecule has 12 heavy (non-hydrogen) atoms. The van der Waals surface area contributed by atoms with Crippen LogP contribution >= 0.6 is 0 Å². The molecule has 0 fully saturated rings. The molecule has 0 bridgehead atoms. The molecule has 0 aliphatic rings. The van der Waals surface area contributed by atoms with E-state index in [0.717, 1.165) is 0 Å². The molecular weight excluding hydrogens is 157 g/mol. The Balaban J connectivity index is 3.90. The number of aliphatic hydroxyl groups is 1. The van der Waals surface area contributed by atoms with Gasteiger partial charge >= 0.3 is 0 Å². The van der Waals surface area contributed by atoms with Crippen molar-refractivity contribution in [2.75, 3.05) is 13.7 Å². The van der Waals surface area contributed by atoms with Gasteiger partial charge in [-0.25, -0.2) is 0 Å². The summed E-state index contributed by atoms with van der Waals surface area (Å²) in [6.07, 6.45) is -0.294. The third-order valence-electron chi connectivity index (χ3n) is 1.67. The molecule has 1 amide bonds. The van der Waals surface area contributed by atoms with Crippen LogP contribution in [0.3, 0.4) is 0 Å². The average Bonchev–Trinajstić information content (AvgIpc) is 2.12. The standard InChI is InChI=1S/C7H14BNO3/c1-5(12-2)6(4-10)9-7(11)3-8/h5-6,10H,3-4H2,1-2H3,(H,9,11)/t5-,6-/m1/s1. The maximum atomic E-state index is 10.8. The number of aliphatic hydroxyl groups excluding tert-OH is 1. The molecule has 0 aromatic carbocycles. The van der Waals surface area contributed by atoms with Crippen LogP contribution in [0.2, 0.25) is 6.32 Å². The number of carbonyl (C=O) groups is 1. The van der Waals surface area contributed by atoms with Crippen LogP contribution in [-0.4, -0.2) is 44.7 Å². The second-order valence-corrected chi connectivity index (χ2v) is 2.50. The van der Waals surface area contributed by atoms with E-state index in [0.29, 0.717) is 0 Å². The number of ether oxygens (including phenoxy) is 1. The monoisotopic (exact) mass is 171 g/mol. The van der Waals surface area contributed by atoms with Gasteiger partial charge in [-0.3, -0.25) is 4.79 Å². The van der Waals surface area contributed by atoms with Crippen molar-refractivity contribution in [2.45, 2.75) is 25.4 Å². The normalized spacial score (nSPS) is 15.2. The molecule has 68 valence electrons. The van der Waals surface area contributed by atoms with Crippen molar-refractivity contribution >= 4 is 13.8 Å². The Kier molecular flexibility index (Phi) is 5.75. The lowest BCUT2D eigenvalue weighted by Crippen LogP contribution is -2.45. The zero-order chi connectivity index (χ0) is 9.56. The van der Waals surface area contributed by atoms with E-state index < -0.39 is 0 Å². The number of methoxy groups -OCH3 is 1. The molecule has 2 atom stereocenters. The first kappa shape index (κ1) is 11.5. The van der Waals surface area contributed by atoms with Crippen molar-refractivity contribution in [3.63, 3.8) is 0 Å². The van der Waals surface area contributed by atoms with Gasteiger partial charge in [-0.05, 0) is 13.2 Å². The second kappa shape index (κ2) is 6.02. The minimum atomic E-state index is -0.383. The quantitative estimate of drug-likeness (QED) is 0.526. The molecule has 2 radical (unpaired) electrons. The number of rotatable bonds is 5. The van der Waals surface area contributed by atoms with Crippen LogP contribution in [-0.2, 0) is 9.53 Å². The Morgan fingerprint density at radius 2 is 2.33 bits per heavy atom. The van der Waals surface area contributed by atoms with E-state index in [9.17, 15) is 4.79 Å². The first-order chi connectivity index (χ1) is 5.65. The molecule has 0 aromatic heterocycles. The van der Waals surface area contributed by atoms with Crippen LogP contribution < -0.4 is 5.32 Å². The molecule has 0 spiro atoms. The van der Waals surface area contributed by atoms with Gasteiger partial charge in [-0.15, -0.1) is 0 Å². The summed E-state index contributed by atoms with van der Waals surface area (Å²) in [6.45, 7) is 1.61. The van der Waals surface area contributed by atoms with Crippen molar-refractivity contribution in [1.82, 2.24) is 5.32 Å². The van der Waals surface area contributed by atoms with Gasteiger partial charge in [0.05, 0.1) is 26.6 Å². The van der Waals surface area contributed by atoms with Crippen molar-refractivity contribution in [2.24, 2.45) is 0 Å². The zero-order valence-electron chi connectivity index (χ0n) is 7.41. The summed E-state index contributed by atoms with van der Waals surface area (Å²) in [7, 11) is 6.60. The Labute approximate surface area is 73.7 Å². The van der Waals surface area contributed by atoms with Crippen LogP contribution in [0, 0.1) is 0 Å². The summed E-state index contributed by atoms with van der Waals surface area (Å²) >= 11 is 0. The van der Waals surface area contributed by atoms with Crippen LogP contribution in [0.1, 0.15) is 6.92 Å². The van der Waals surface area contributed by atoms with Crippen molar-refractivity contribution < 1.29 is 14.6 Å². The molecule has 0 rings (SSSR count). The number of nitrogens with one attached hydrogen (secondary N) is 1. The minimum absolute atomic E-state index is 0.0765. The van der Waals surface area contributed by atoms with Gasteiger partial charge in [-0.2, -0.15) is 0 Å². The topological polar surface area (TPSA) is 58.6 Å². The fourth-order valence-corrected chi connectivity index (χ4v) is 0.741. The van der Waals surface area contributed by atoms with Crippen molar-refractivity contribution in [3.05, 3.63) is 0 Å². The number of amides is 1. The van der Waals surface area contributed by atoms with Gasteiger partial charge in [0.2, 0.25) is 5.91 Å². The molecule has 0 saturated heterocycles. The highest BCUT2D eigenvalue weighted by molar-refractivity contribution is 6.19. The molecular formula is C7H14BNO3. The Hall–Kier alpha value is -0.545. The van der Waals surface area contributed by atoms with Crippen LogP contribution in [0.25, 0.3) is 0 Å². The fraction of sp³-hybridized carbons (Fsp3) is 0.857. The number of carbonyl (C=O) groups excluding carboxylic acids is 1. The lowest BCUT2D eigenvalue weighted by molar-refractivity contribution is -0.121. The van der Waals surface area contributed by atoms with E-state index in [1.165, 1.54) is 7.11 Å². The van der Waals surface area contributed by atoms with Gasteiger partial charge < -0.3 is 15.2 Å². The second-order valence-electron chi connectivity index (χ2n) is 2.50. The molecule has 2 N–H and O–H groups in total. The van der Waals surface area contributed by atoms with Crippen LogP contribution in [0.5, 0.6) is 0 Å². The van der Waals surface area contributed by atoms with Gasteiger partial charge in [0.15, 0.2) is 0 Å². The predicted octanol–water partition coefficient (Wildman–Crippen LogP) is -0.915. The highest BCUT2D eigenvalue weighted by Crippen LogP contribution is 1.96. The predicted molar refractivity (Wildman–Crippen MR) is 46.0 cm³/mol. The molecule has 0 aliphatic heterocycles. The number of hydrogen-bond donors (Lipinski definition) is 2. The highest BCUT2D eigenvalue weighted by Gasteiger charge is 2.16. The van der Waals surface area contributed by atoms with E-state index in [1.54, 1.807) is 6.92 Å². The largest absolute Gasteiger partial charge is 0.394 e. The summed E-state index contributed by atoms with van der Waals surface area (Å²) in [5.74, 6) is -0.294. The Bertz CT molecular complexity index is 143. The summed E-state index contributed by atoms with van der Waals surface area (Å²) < 4.78 is 4.93. The van der Waals surface area contributed by atoms with Crippen LogP contribution in [0.15, 0.2) is 0 Å². The van der Waals surface area contributed by atoms with Gasteiger partial charge in [0.1, 0.15) is 0 Å². The molecule has 0 heterocycles. The smallest absolute Gasteiger partial charge is 0.211 e. The summed E-state index contributed by atoms with van der Waals surface area (Å²) in [5.41, 5.74) is 0. The van der Waals surface area contributed by atoms with Gasteiger partial charge in [0.25, 0.3) is 0 Å². The van der Waals surface area contributed by atoms with Gasteiger partial charge in [0, 0.05) is 7.11 Å². The van der Waals surface area contributed by atoms with Crippen molar-refractivity contribution in [1.29, 1.82) is 0 Å². The maximum Gasteiger partial charge on any atom is 0.211 e. The summed E-state index contributed by atoms with van der Waals surface area (Å²) in [6, 6.07) is -0.383. The highest BCUT2D eigenvalue weighted by atomic mass is 16.5. The first-order valence-corrected chi connectivity index (χ1v) is 3.78. The number of hydrogen-bond acceptors (Lipinski definition) is 3. The molecule has 0 unspecified atom stereocenters. The van der Waals surface area contributed by atoms with Crippen LogP contribution in [0.4, 0.5) is 0 Å². The fourth-order valence-electron chi connectivity index (χ4n) is 0.741. The van der Waals surface area contributed by atoms with E-state index >= 15 is 0 Å². The molecule has 4 nitrogen and oxygen atoms in total. The van der Waals surface area contributed by atoms with E-state index in [-0.39, 0.29) is 31.0 Å². The van der Waals surface area contributed by atoms with E-state index in [1.807, 2.05) is 0 Å². The van der Waals surface area contributed by atoms with E-state index in [2.05, 4.69) is 5.32 Å². The van der Waals surface area contributed by atoms with Crippen molar-refractivity contribution in [3.8, 4) is 0 Å². The SMILES string of the molecule is [B]CC(=O)N[C@H](CO)[C@@H](C)OC. The molecule has 5 heteroatoms. The third kappa shape index (κ3) is 3.73. The lowest BCUT2D eigenvalue weighted by Gasteiger charge is -2.21. The summed E-state index contributed by atoms with van der Waals surface area (Å²) in [4.78, 5) is 10.8. The maximum absolute atomic E-state index is 10.8. The van der Waals surface area contributed by atoms with Gasteiger partial charge in [-0.1, -0.05) is 0 Å². The molecule has 0 aliphatic carbocycles. The minimum Gasteiger partial charge on any atom is -0.394 e. The molecule has 0 aromatic rings. The average molecular weight is 171 g/mol. The lowest BCUT2D eigenvalue weighted by atomic mass is 10.0. The third-order valence-corrected chi connectivity index (χ3v) is 1.67. The summed E-state index contributed by atoms with van der Waals surface area (Å²) in [5, 5.41) is 11.4. The first-order valence-electron chi connectivity index (χ1n) is 3.78. The Morgan fingerprint density at radius 1 is 1.75 bits per heavy atom. The van der Waals surface area contributed by atoms with E-state index in [4.69, 9.17) is 17.7 Å². The zero-order valence-corrected chi connectivity index (χ0v) is 7.41. The Morgan fingerprint density at radius 3 is 2.67 bits per heavy atom.